The van der Waals surface area contributed by atoms with Gasteiger partial charge in [0.2, 0.25) is 0 Å². The number of nitrogens with one attached hydrogen (secondary N) is 1. The highest BCUT2D eigenvalue weighted by Gasteiger charge is 2.18. The van der Waals surface area contributed by atoms with Crippen LogP contribution in [-0.4, -0.2) is 22.6 Å². The van der Waals surface area contributed by atoms with Crippen LogP contribution < -0.4 is 5.32 Å². The Morgan fingerprint density at radius 1 is 1.50 bits per heavy atom. The van der Waals surface area contributed by atoms with Gasteiger partial charge in [0.1, 0.15) is 11.8 Å². The number of amides is 1. The number of nitrogens with zero attached hydrogens (tertiary/aromatic N) is 1. The number of rotatable bonds is 4. The van der Waals surface area contributed by atoms with Crippen LogP contribution in [0.5, 0.6) is 0 Å². The number of aromatic nitrogens is 1. The number of aliphatic hydroxyl groups is 1. The van der Waals surface area contributed by atoms with Crippen molar-refractivity contribution in [3.05, 3.63) is 53.7 Å². The molecule has 94 valence electrons. The lowest BCUT2D eigenvalue weighted by Gasteiger charge is -2.14. The van der Waals surface area contributed by atoms with Crippen molar-refractivity contribution in [1.29, 1.82) is 0 Å². The summed E-state index contributed by atoms with van der Waals surface area (Å²) in [4.78, 5) is 16.1. The topological polar surface area (TPSA) is 75.4 Å². The van der Waals surface area contributed by atoms with Crippen molar-refractivity contribution in [1.82, 2.24) is 10.3 Å². The van der Waals surface area contributed by atoms with Gasteiger partial charge >= 0.3 is 0 Å². The molecule has 2 rings (SSSR count). The molecule has 0 aliphatic rings. The van der Waals surface area contributed by atoms with E-state index in [2.05, 4.69) is 10.3 Å². The molecule has 2 N–H and O–H groups in total. The molecule has 0 saturated carbocycles. The molecule has 2 heterocycles. The maximum atomic E-state index is 12.0. The Bertz CT molecular complexity index is 523. The lowest BCUT2D eigenvalue weighted by molar-refractivity contribution is 0.0906. The molecule has 1 amide bonds. The Kier molecular flexibility index (Phi) is 3.74. The minimum absolute atomic E-state index is 0.224. The Labute approximate surface area is 104 Å². The van der Waals surface area contributed by atoms with E-state index < -0.39 is 6.04 Å². The normalized spacial score (nSPS) is 12.1. The molecule has 0 saturated heterocycles. The van der Waals surface area contributed by atoms with Crippen molar-refractivity contribution in [3.8, 4) is 0 Å². The van der Waals surface area contributed by atoms with Gasteiger partial charge in [-0.3, -0.25) is 9.78 Å². The first-order chi connectivity index (χ1) is 8.72. The summed E-state index contributed by atoms with van der Waals surface area (Å²) in [5, 5.41) is 12.0. The van der Waals surface area contributed by atoms with Crippen LogP contribution in [0.1, 0.15) is 27.9 Å². The second-order valence-electron chi connectivity index (χ2n) is 3.86. The first-order valence-corrected chi connectivity index (χ1v) is 5.59. The summed E-state index contributed by atoms with van der Waals surface area (Å²) in [5.74, 6) is 0.239. The Morgan fingerprint density at radius 2 is 2.33 bits per heavy atom. The number of carbonyl (C=O) groups is 1. The van der Waals surface area contributed by atoms with E-state index in [4.69, 9.17) is 4.42 Å². The van der Waals surface area contributed by atoms with E-state index in [0.717, 1.165) is 0 Å². The zero-order chi connectivity index (χ0) is 13.0. The Hall–Kier alpha value is -2.14. The van der Waals surface area contributed by atoms with E-state index in [1.807, 2.05) is 0 Å². The van der Waals surface area contributed by atoms with Crippen LogP contribution in [0, 0.1) is 6.92 Å². The maximum absolute atomic E-state index is 12.0. The summed E-state index contributed by atoms with van der Waals surface area (Å²) in [5.41, 5.74) is 1.13. The van der Waals surface area contributed by atoms with Gasteiger partial charge in [-0.1, -0.05) is 0 Å². The highest BCUT2D eigenvalue weighted by Crippen LogP contribution is 2.14. The smallest absolute Gasteiger partial charge is 0.253 e. The molecule has 0 spiro atoms. The second kappa shape index (κ2) is 5.46. The molecule has 1 unspecified atom stereocenters. The van der Waals surface area contributed by atoms with Gasteiger partial charge in [0, 0.05) is 11.9 Å². The number of aliphatic hydroxyl groups excluding tert-OH is 1. The predicted molar refractivity (Wildman–Crippen MR) is 65.0 cm³/mol. The fraction of sp³-hybridized carbons (Fsp3) is 0.231. The SMILES string of the molecule is Cc1ncccc1C(=O)NC(CO)c1ccco1. The fourth-order valence-electron chi connectivity index (χ4n) is 1.66. The largest absolute Gasteiger partial charge is 0.467 e. The average molecular weight is 246 g/mol. The molecule has 0 radical (unpaired) electrons. The zero-order valence-electron chi connectivity index (χ0n) is 9.96. The summed E-state index contributed by atoms with van der Waals surface area (Å²) >= 11 is 0. The van der Waals surface area contributed by atoms with Gasteiger partial charge < -0.3 is 14.8 Å². The van der Waals surface area contributed by atoms with Crippen molar-refractivity contribution in [2.24, 2.45) is 0 Å². The van der Waals surface area contributed by atoms with E-state index in [1.54, 1.807) is 37.4 Å². The monoisotopic (exact) mass is 246 g/mol. The average Bonchev–Trinajstić information content (AvgIpc) is 2.90. The van der Waals surface area contributed by atoms with Crippen molar-refractivity contribution in [2.75, 3.05) is 6.61 Å². The van der Waals surface area contributed by atoms with E-state index in [1.165, 1.54) is 6.26 Å². The number of hydrogen-bond acceptors (Lipinski definition) is 4. The number of furan rings is 1. The van der Waals surface area contributed by atoms with Crippen molar-refractivity contribution < 1.29 is 14.3 Å². The number of aryl methyl sites for hydroxylation is 1. The van der Waals surface area contributed by atoms with Gasteiger partial charge in [-0.15, -0.1) is 0 Å². The van der Waals surface area contributed by atoms with E-state index >= 15 is 0 Å². The molecule has 5 nitrogen and oxygen atoms in total. The molecule has 0 aliphatic heterocycles. The lowest BCUT2D eigenvalue weighted by Crippen LogP contribution is -2.31. The second-order valence-corrected chi connectivity index (χ2v) is 3.86. The van der Waals surface area contributed by atoms with Crippen LogP contribution in [-0.2, 0) is 0 Å². The van der Waals surface area contributed by atoms with Gasteiger partial charge in [0.15, 0.2) is 0 Å². The summed E-state index contributed by atoms with van der Waals surface area (Å²) in [6, 6.07) is 6.25. The Morgan fingerprint density at radius 3 is 2.94 bits per heavy atom. The van der Waals surface area contributed by atoms with Crippen molar-refractivity contribution in [3.63, 3.8) is 0 Å². The lowest BCUT2D eigenvalue weighted by atomic mass is 10.1. The molecule has 18 heavy (non-hydrogen) atoms. The van der Waals surface area contributed by atoms with Crippen molar-refractivity contribution in [2.45, 2.75) is 13.0 Å². The van der Waals surface area contributed by atoms with E-state index in [9.17, 15) is 9.90 Å². The maximum Gasteiger partial charge on any atom is 0.253 e. The van der Waals surface area contributed by atoms with Crippen LogP contribution in [0.4, 0.5) is 0 Å². The third-order valence-electron chi connectivity index (χ3n) is 2.63. The Balaban J connectivity index is 2.14. The van der Waals surface area contributed by atoms with Gasteiger partial charge in [0.25, 0.3) is 5.91 Å². The highest BCUT2D eigenvalue weighted by atomic mass is 16.3. The van der Waals surface area contributed by atoms with Gasteiger partial charge in [-0.25, -0.2) is 0 Å². The molecule has 0 bridgehead atoms. The van der Waals surface area contributed by atoms with E-state index in [0.29, 0.717) is 17.0 Å². The number of carbonyl (C=O) groups excluding carboxylic acids is 1. The minimum Gasteiger partial charge on any atom is -0.467 e. The van der Waals surface area contributed by atoms with Crippen LogP contribution in [0.25, 0.3) is 0 Å². The highest BCUT2D eigenvalue weighted by molar-refractivity contribution is 5.95. The summed E-state index contributed by atoms with van der Waals surface area (Å²) in [6.07, 6.45) is 3.13. The molecule has 1 atom stereocenters. The molecule has 5 heteroatoms. The van der Waals surface area contributed by atoms with Crippen LogP contribution >= 0.6 is 0 Å². The number of hydrogen-bond donors (Lipinski definition) is 2. The number of pyridine rings is 1. The van der Waals surface area contributed by atoms with Crippen LogP contribution in [0.2, 0.25) is 0 Å². The van der Waals surface area contributed by atoms with Gasteiger partial charge in [-0.2, -0.15) is 0 Å². The standard InChI is InChI=1S/C13H14N2O3/c1-9-10(4-2-6-14-9)13(17)15-11(8-16)12-5-3-7-18-12/h2-7,11,16H,8H2,1H3,(H,15,17). The molecular formula is C13H14N2O3. The fourth-order valence-corrected chi connectivity index (χ4v) is 1.66. The molecular weight excluding hydrogens is 232 g/mol. The van der Waals surface area contributed by atoms with E-state index in [-0.39, 0.29) is 12.5 Å². The molecule has 0 aliphatic carbocycles. The van der Waals surface area contributed by atoms with Gasteiger partial charge in [-0.05, 0) is 31.2 Å². The summed E-state index contributed by atoms with van der Waals surface area (Å²) < 4.78 is 5.16. The summed E-state index contributed by atoms with van der Waals surface area (Å²) in [6.45, 7) is 1.54. The third-order valence-corrected chi connectivity index (χ3v) is 2.63. The predicted octanol–water partition coefficient (Wildman–Crippen LogP) is 1.45. The minimum atomic E-state index is -0.549. The van der Waals surface area contributed by atoms with Crippen LogP contribution in [0.15, 0.2) is 41.1 Å². The van der Waals surface area contributed by atoms with Crippen molar-refractivity contribution >= 4 is 5.91 Å². The first-order valence-electron chi connectivity index (χ1n) is 5.59. The van der Waals surface area contributed by atoms with Crippen LogP contribution in [0.3, 0.4) is 0 Å². The van der Waals surface area contributed by atoms with Gasteiger partial charge in [0.05, 0.1) is 18.4 Å². The molecule has 0 fully saturated rings. The molecule has 0 aromatic carbocycles. The summed E-state index contributed by atoms with van der Waals surface area (Å²) in [7, 11) is 0. The third kappa shape index (κ3) is 2.57. The molecule has 2 aromatic heterocycles. The quantitative estimate of drug-likeness (QED) is 0.856. The first kappa shape index (κ1) is 12.3. The zero-order valence-corrected chi connectivity index (χ0v) is 9.96. The molecule has 2 aromatic rings.